The lowest BCUT2D eigenvalue weighted by atomic mass is 10.0. The van der Waals surface area contributed by atoms with Crippen LogP contribution in [0.1, 0.15) is 19.8 Å². The Balaban J connectivity index is 3.22. The van der Waals surface area contributed by atoms with Gasteiger partial charge in [-0.15, -0.1) is 0 Å². The number of methoxy groups -OCH3 is 1. The lowest BCUT2D eigenvalue weighted by Gasteiger charge is -2.14. The predicted octanol–water partition coefficient (Wildman–Crippen LogP) is 0.671. The van der Waals surface area contributed by atoms with E-state index in [9.17, 15) is 0 Å². The van der Waals surface area contributed by atoms with E-state index in [-0.39, 0.29) is 0 Å². The quantitative estimate of drug-likeness (QED) is 0.593. The summed E-state index contributed by atoms with van der Waals surface area (Å²) in [4.78, 5) is 0. The van der Waals surface area contributed by atoms with Crippen molar-refractivity contribution >= 4 is 0 Å². The maximum Gasteiger partial charge on any atom is 0.103 e. The Morgan fingerprint density at radius 2 is 2.08 bits per heavy atom. The highest BCUT2D eigenvalue weighted by atomic mass is 16.5. The van der Waals surface area contributed by atoms with Crippen LogP contribution < -0.4 is 5.73 Å². The van der Waals surface area contributed by atoms with Crippen molar-refractivity contribution in [3.8, 4) is 6.07 Å². The molecule has 0 aliphatic heterocycles. The third-order valence-electron chi connectivity index (χ3n) is 1.66. The molecule has 1 unspecified atom stereocenters. The molecule has 0 aromatic rings. The Labute approximate surface area is 79.6 Å². The fourth-order valence-electron chi connectivity index (χ4n) is 0.747. The number of nitriles is 1. The monoisotopic (exact) mass is 186 g/mol. The first-order valence-electron chi connectivity index (χ1n) is 4.39. The molecule has 4 nitrogen and oxygen atoms in total. The van der Waals surface area contributed by atoms with Gasteiger partial charge in [-0.2, -0.15) is 5.26 Å². The molecule has 0 aromatic heterocycles. The summed E-state index contributed by atoms with van der Waals surface area (Å²) < 4.78 is 10.1. The zero-order valence-electron chi connectivity index (χ0n) is 8.38. The number of hydrogen-bond donors (Lipinski definition) is 1. The molecule has 0 fully saturated rings. The van der Waals surface area contributed by atoms with Crippen molar-refractivity contribution in [3.05, 3.63) is 0 Å². The van der Waals surface area contributed by atoms with E-state index in [0.717, 1.165) is 6.42 Å². The molecule has 0 aliphatic carbocycles. The summed E-state index contributed by atoms with van der Waals surface area (Å²) in [5.74, 6) is 0. The van der Waals surface area contributed by atoms with Gasteiger partial charge >= 0.3 is 0 Å². The van der Waals surface area contributed by atoms with Gasteiger partial charge in [-0.1, -0.05) is 0 Å². The van der Waals surface area contributed by atoms with Crippen LogP contribution >= 0.6 is 0 Å². The second-order valence-electron chi connectivity index (χ2n) is 3.24. The summed E-state index contributed by atoms with van der Waals surface area (Å²) in [6.45, 7) is 3.60. The molecule has 0 aliphatic rings. The summed E-state index contributed by atoms with van der Waals surface area (Å²) in [7, 11) is 1.66. The van der Waals surface area contributed by atoms with Crippen molar-refractivity contribution in [2.45, 2.75) is 25.3 Å². The fraction of sp³-hybridized carbons (Fsp3) is 0.889. The van der Waals surface area contributed by atoms with E-state index < -0.39 is 5.54 Å². The number of rotatable bonds is 7. The van der Waals surface area contributed by atoms with Gasteiger partial charge in [-0.3, -0.25) is 0 Å². The minimum Gasteiger partial charge on any atom is -0.385 e. The molecule has 0 saturated carbocycles. The molecule has 0 heterocycles. The molecule has 1 atom stereocenters. The molecule has 0 radical (unpaired) electrons. The molecule has 0 bridgehead atoms. The molecule has 4 heteroatoms. The summed E-state index contributed by atoms with van der Waals surface area (Å²) in [6.07, 6.45) is 1.45. The van der Waals surface area contributed by atoms with Crippen molar-refractivity contribution in [2.75, 3.05) is 26.9 Å². The van der Waals surface area contributed by atoms with Gasteiger partial charge in [-0.25, -0.2) is 0 Å². The SMILES string of the molecule is COCCCOCCC(C)(N)C#N. The number of nitrogens with zero attached hydrogens (tertiary/aromatic N) is 1. The average molecular weight is 186 g/mol. The van der Waals surface area contributed by atoms with Crippen molar-refractivity contribution < 1.29 is 9.47 Å². The van der Waals surface area contributed by atoms with Crippen LogP contribution in [0.5, 0.6) is 0 Å². The Morgan fingerprint density at radius 1 is 1.38 bits per heavy atom. The molecule has 0 saturated heterocycles. The molecular weight excluding hydrogens is 168 g/mol. The second-order valence-corrected chi connectivity index (χ2v) is 3.24. The van der Waals surface area contributed by atoms with E-state index in [1.54, 1.807) is 14.0 Å². The van der Waals surface area contributed by atoms with E-state index in [0.29, 0.717) is 26.2 Å². The van der Waals surface area contributed by atoms with Crippen LogP contribution in [0.4, 0.5) is 0 Å². The highest BCUT2D eigenvalue weighted by molar-refractivity contribution is 5.00. The van der Waals surface area contributed by atoms with Gasteiger partial charge in [-0.05, 0) is 13.3 Å². The molecule has 0 spiro atoms. The zero-order valence-corrected chi connectivity index (χ0v) is 8.38. The van der Waals surface area contributed by atoms with Crippen LogP contribution in [-0.4, -0.2) is 32.5 Å². The Kier molecular flexibility index (Phi) is 6.51. The van der Waals surface area contributed by atoms with E-state index in [1.807, 2.05) is 6.07 Å². The van der Waals surface area contributed by atoms with Gasteiger partial charge in [0.15, 0.2) is 0 Å². The first-order chi connectivity index (χ1) is 6.12. The van der Waals surface area contributed by atoms with Crippen LogP contribution in [0.25, 0.3) is 0 Å². The van der Waals surface area contributed by atoms with Gasteiger partial charge in [0.2, 0.25) is 0 Å². The highest BCUT2D eigenvalue weighted by Gasteiger charge is 2.15. The maximum absolute atomic E-state index is 8.58. The van der Waals surface area contributed by atoms with Crippen LogP contribution in [0, 0.1) is 11.3 Å². The van der Waals surface area contributed by atoms with Crippen LogP contribution in [0.3, 0.4) is 0 Å². The average Bonchev–Trinajstić information content (AvgIpc) is 2.11. The van der Waals surface area contributed by atoms with Gasteiger partial charge < -0.3 is 15.2 Å². The maximum atomic E-state index is 8.58. The first-order valence-corrected chi connectivity index (χ1v) is 4.39. The Hall–Kier alpha value is -0.630. The fourth-order valence-corrected chi connectivity index (χ4v) is 0.747. The first kappa shape index (κ1) is 12.4. The summed E-state index contributed by atoms with van der Waals surface area (Å²) >= 11 is 0. The third kappa shape index (κ3) is 7.72. The minimum atomic E-state index is -0.763. The number of nitrogens with two attached hydrogens (primary N) is 1. The van der Waals surface area contributed by atoms with Crippen molar-refractivity contribution in [2.24, 2.45) is 5.73 Å². The van der Waals surface area contributed by atoms with E-state index >= 15 is 0 Å². The Morgan fingerprint density at radius 3 is 2.62 bits per heavy atom. The van der Waals surface area contributed by atoms with Gasteiger partial charge in [0, 0.05) is 33.4 Å². The Bertz CT molecular complexity index is 163. The highest BCUT2D eigenvalue weighted by Crippen LogP contribution is 2.03. The summed E-state index contributed by atoms with van der Waals surface area (Å²) in [5.41, 5.74) is 4.83. The zero-order chi connectivity index (χ0) is 10.2. The normalized spacial score (nSPS) is 14.9. The minimum absolute atomic E-state index is 0.532. The van der Waals surface area contributed by atoms with E-state index in [4.69, 9.17) is 20.5 Å². The predicted molar refractivity (Wildman–Crippen MR) is 50.1 cm³/mol. The molecule has 13 heavy (non-hydrogen) atoms. The van der Waals surface area contributed by atoms with E-state index in [1.165, 1.54) is 0 Å². The third-order valence-corrected chi connectivity index (χ3v) is 1.66. The lowest BCUT2D eigenvalue weighted by molar-refractivity contribution is 0.0957. The molecule has 0 rings (SSSR count). The summed E-state index contributed by atoms with van der Waals surface area (Å²) in [5, 5.41) is 8.58. The number of hydrogen-bond acceptors (Lipinski definition) is 4. The van der Waals surface area contributed by atoms with Gasteiger partial charge in [0.25, 0.3) is 0 Å². The van der Waals surface area contributed by atoms with Crippen LogP contribution in [0.2, 0.25) is 0 Å². The number of ether oxygens (including phenoxy) is 2. The van der Waals surface area contributed by atoms with Gasteiger partial charge in [0.1, 0.15) is 5.54 Å². The largest absolute Gasteiger partial charge is 0.385 e. The van der Waals surface area contributed by atoms with Crippen LogP contribution in [0.15, 0.2) is 0 Å². The van der Waals surface area contributed by atoms with Crippen molar-refractivity contribution in [3.63, 3.8) is 0 Å². The van der Waals surface area contributed by atoms with Crippen molar-refractivity contribution in [1.82, 2.24) is 0 Å². The van der Waals surface area contributed by atoms with Gasteiger partial charge in [0.05, 0.1) is 6.07 Å². The topological polar surface area (TPSA) is 68.3 Å². The molecule has 0 aromatic carbocycles. The smallest absolute Gasteiger partial charge is 0.103 e. The van der Waals surface area contributed by atoms with Crippen molar-refractivity contribution in [1.29, 1.82) is 5.26 Å². The summed E-state index contributed by atoms with van der Waals surface area (Å²) in [6, 6.07) is 2.02. The van der Waals surface area contributed by atoms with E-state index in [2.05, 4.69) is 0 Å². The standard InChI is InChI=1S/C9H18N2O2/c1-9(11,8-10)4-7-13-6-3-5-12-2/h3-7,11H2,1-2H3. The molecule has 2 N–H and O–H groups in total. The second kappa shape index (κ2) is 6.84. The molecule has 76 valence electrons. The lowest BCUT2D eigenvalue weighted by Crippen LogP contribution is -2.35. The molecular formula is C9H18N2O2. The van der Waals surface area contributed by atoms with Crippen LogP contribution in [-0.2, 0) is 9.47 Å². The molecule has 0 amide bonds.